The number of carbonyl (C=O) groups excluding carboxylic acids is 1. The Labute approximate surface area is 126 Å². The third kappa shape index (κ3) is 2.44. The molecule has 3 aromatic rings. The van der Waals surface area contributed by atoms with Gasteiger partial charge in [-0.25, -0.2) is 0 Å². The fourth-order valence-corrected chi connectivity index (χ4v) is 2.95. The van der Waals surface area contributed by atoms with Crippen LogP contribution in [0.1, 0.15) is 37.1 Å². The number of aryl methyl sites for hydroxylation is 1. The van der Waals surface area contributed by atoms with Crippen molar-refractivity contribution in [3.63, 3.8) is 0 Å². The molecule has 0 spiro atoms. The van der Waals surface area contributed by atoms with E-state index in [1.165, 1.54) is 0 Å². The Balaban J connectivity index is 1.84. The van der Waals surface area contributed by atoms with Gasteiger partial charge in [-0.3, -0.25) is 15.2 Å². The summed E-state index contributed by atoms with van der Waals surface area (Å²) in [5, 5.41) is 12.7. The highest BCUT2D eigenvalue weighted by Gasteiger charge is 2.20. The van der Waals surface area contributed by atoms with E-state index in [0.717, 1.165) is 16.0 Å². The molecular weight excluding hydrogens is 286 g/mol. The van der Waals surface area contributed by atoms with E-state index in [2.05, 4.69) is 20.5 Å². The van der Waals surface area contributed by atoms with Gasteiger partial charge >= 0.3 is 0 Å². The third-order valence-electron chi connectivity index (χ3n) is 3.29. The number of amides is 1. The molecule has 3 rings (SSSR count). The standard InChI is InChI=1S/C14H17N5OS/c1-14(2,3)12-16-13(18-17-12)15-10(20)9-7-8-5-6-21-11(8)19(9)4/h5-7H,1-4H3,(H2,15,16,17,18,20). The van der Waals surface area contributed by atoms with Gasteiger partial charge in [0.15, 0.2) is 0 Å². The van der Waals surface area contributed by atoms with Gasteiger partial charge in [0.1, 0.15) is 16.3 Å². The van der Waals surface area contributed by atoms with Gasteiger partial charge in [-0.15, -0.1) is 16.4 Å². The first-order valence-corrected chi connectivity index (χ1v) is 7.51. The maximum absolute atomic E-state index is 12.3. The summed E-state index contributed by atoms with van der Waals surface area (Å²) in [6.07, 6.45) is 0. The van der Waals surface area contributed by atoms with Crippen LogP contribution in [0.3, 0.4) is 0 Å². The first-order valence-electron chi connectivity index (χ1n) is 6.63. The molecule has 0 unspecified atom stereocenters. The smallest absolute Gasteiger partial charge is 0.274 e. The number of fused-ring (bicyclic) bond motifs is 1. The highest BCUT2D eigenvalue weighted by Crippen LogP contribution is 2.24. The maximum Gasteiger partial charge on any atom is 0.274 e. The fraction of sp³-hybridized carbons (Fsp3) is 0.357. The van der Waals surface area contributed by atoms with Crippen LogP contribution >= 0.6 is 11.3 Å². The lowest BCUT2D eigenvalue weighted by Crippen LogP contribution is -2.17. The lowest BCUT2D eigenvalue weighted by Gasteiger charge is -2.12. The van der Waals surface area contributed by atoms with Gasteiger partial charge in [0.2, 0.25) is 5.95 Å². The largest absolute Gasteiger partial charge is 0.331 e. The Morgan fingerprint density at radius 2 is 2.19 bits per heavy atom. The Morgan fingerprint density at radius 1 is 1.43 bits per heavy atom. The Kier molecular flexibility index (Phi) is 3.09. The van der Waals surface area contributed by atoms with E-state index in [9.17, 15) is 4.79 Å². The molecule has 0 aliphatic heterocycles. The number of hydrogen-bond acceptors (Lipinski definition) is 4. The fourth-order valence-electron chi connectivity index (χ4n) is 2.08. The number of carbonyl (C=O) groups is 1. The van der Waals surface area contributed by atoms with Crippen molar-refractivity contribution in [2.24, 2.45) is 7.05 Å². The number of hydrogen-bond donors (Lipinski definition) is 2. The Hall–Kier alpha value is -2.15. The van der Waals surface area contributed by atoms with Crippen LogP contribution in [0.25, 0.3) is 10.2 Å². The van der Waals surface area contributed by atoms with E-state index in [1.807, 2.05) is 49.9 Å². The highest BCUT2D eigenvalue weighted by atomic mass is 32.1. The molecule has 0 fully saturated rings. The quantitative estimate of drug-likeness (QED) is 0.764. The van der Waals surface area contributed by atoms with Crippen molar-refractivity contribution in [1.82, 2.24) is 19.7 Å². The van der Waals surface area contributed by atoms with Crippen molar-refractivity contribution in [2.45, 2.75) is 26.2 Å². The summed E-state index contributed by atoms with van der Waals surface area (Å²) in [6.45, 7) is 6.10. The van der Waals surface area contributed by atoms with Gasteiger partial charge in [-0.2, -0.15) is 4.98 Å². The molecule has 0 atom stereocenters. The lowest BCUT2D eigenvalue weighted by molar-refractivity contribution is 0.101. The molecule has 3 aromatic heterocycles. The molecule has 3 heterocycles. The van der Waals surface area contributed by atoms with Crippen LogP contribution in [0.4, 0.5) is 5.95 Å². The monoisotopic (exact) mass is 303 g/mol. The number of nitrogens with one attached hydrogen (secondary N) is 2. The molecule has 6 nitrogen and oxygen atoms in total. The molecule has 1 amide bonds. The van der Waals surface area contributed by atoms with Crippen LogP contribution in [-0.4, -0.2) is 25.7 Å². The van der Waals surface area contributed by atoms with Crippen LogP contribution in [0.2, 0.25) is 0 Å². The van der Waals surface area contributed by atoms with Gasteiger partial charge in [-0.05, 0) is 17.5 Å². The number of H-pyrrole nitrogens is 1. The molecule has 0 bridgehead atoms. The highest BCUT2D eigenvalue weighted by molar-refractivity contribution is 7.16. The molecule has 110 valence electrons. The van der Waals surface area contributed by atoms with Gasteiger partial charge < -0.3 is 4.57 Å². The normalized spacial score (nSPS) is 12.0. The van der Waals surface area contributed by atoms with E-state index < -0.39 is 0 Å². The maximum atomic E-state index is 12.3. The summed E-state index contributed by atoms with van der Waals surface area (Å²) in [7, 11) is 1.88. The van der Waals surface area contributed by atoms with Gasteiger partial charge in [0.25, 0.3) is 5.91 Å². The molecule has 0 saturated heterocycles. The van der Waals surface area contributed by atoms with Crippen LogP contribution in [0.5, 0.6) is 0 Å². The zero-order valence-corrected chi connectivity index (χ0v) is 13.2. The molecule has 21 heavy (non-hydrogen) atoms. The van der Waals surface area contributed by atoms with Crippen molar-refractivity contribution in [2.75, 3.05) is 5.32 Å². The minimum atomic E-state index is -0.208. The number of aromatic amines is 1. The lowest BCUT2D eigenvalue weighted by atomic mass is 9.96. The average Bonchev–Trinajstić information content (AvgIpc) is 3.06. The molecular formula is C14H17N5OS. The number of aromatic nitrogens is 4. The molecule has 0 aromatic carbocycles. The summed E-state index contributed by atoms with van der Waals surface area (Å²) in [6, 6.07) is 3.87. The average molecular weight is 303 g/mol. The van der Waals surface area contributed by atoms with Crippen LogP contribution < -0.4 is 5.32 Å². The van der Waals surface area contributed by atoms with Crippen molar-refractivity contribution in [3.8, 4) is 0 Å². The molecule has 7 heteroatoms. The number of rotatable bonds is 2. The van der Waals surface area contributed by atoms with Crippen LogP contribution in [0.15, 0.2) is 17.5 Å². The second-order valence-corrected chi connectivity index (χ2v) is 6.88. The number of thiophene rings is 1. The van der Waals surface area contributed by atoms with Gasteiger partial charge in [0.05, 0.1) is 0 Å². The molecule has 0 aliphatic carbocycles. The van der Waals surface area contributed by atoms with E-state index in [1.54, 1.807) is 11.3 Å². The van der Waals surface area contributed by atoms with Crippen LogP contribution in [0, 0.1) is 0 Å². The Bertz CT molecular complexity index is 805. The summed E-state index contributed by atoms with van der Waals surface area (Å²) in [4.78, 5) is 17.7. The van der Waals surface area contributed by atoms with Crippen molar-refractivity contribution in [1.29, 1.82) is 0 Å². The van der Waals surface area contributed by atoms with Crippen molar-refractivity contribution >= 4 is 33.4 Å². The van der Waals surface area contributed by atoms with E-state index in [0.29, 0.717) is 11.6 Å². The second-order valence-electron chi connectivity index (χ2n) is 5.98. The van der Waals surface area contributed by atoms with Gasteiger partial charge in [-0.1, -0.05) is 20.8 Å². The summed E-state index contributed by atoms with van der Waals surface area (Å²) >= 11 is 1.61. The third-order valence-corrected chi connectivity index (χ3v) is 4.29. The topological polar surface area (TPSA) is 75.6 Å². The van der Waals surface area contributed by atoms with E-state index in [-0.39, 0.29) is 11.3 Å². The summed E-state index contributed by atoms with van der Waals surface area (Å²) in [5.74, 6) is 0.834. The second kappa shape index (κ2) is 4.70. The minimum Gasteiger partial charge on any atom is -0.331 e. The zero-order valence-electron chi connectivity index (χ0n) is 12.4. The van der Waals surface area contributed by atoms with Crippen LogP contribution in [-0.2, 0) is 12.5 Å². The molecule has 2 N–H and O–H groups in total. The Morgan fingerprint density at radius 3 is 2.81 bits per heavy atom. The number of nitrogens with zero attached hydrogens (tertiary/aromatic N) is 3. The molecule has 0 radical (unpaired) electrons. The molecule has 0 saturated carbocycles. The first-order chi connectivity index (χ1) is 9.86. The minimum absolute atomic E-state index is 0.135. The summed E-state index contributed by atoms with van der Waals surface area (Å²) < 4.78 is 1.88. The van der Waals surface area contributed by atoms with Gasteiger partial charge in [0, 0.05) is 17.8 Å². The first kappa shape index (κ1) is 13.8. The van der Waals surface area contributed by atoms with E-state index >= 15 is 0 Å². The predicted molar refractivity (Wildman–Crippen MR) is 83.8 cm³/mol. The summed E-state index contributed by atoms with van der Waals surface area (Å²) in [5.41, 5.74) is 0.461. The zero-order chi connectivity index (χ0) is 15.2. The van der Waals surface area contributed by atoms with Crippen molar-refractivity contribution < 1.29 is 4.79 Å². The van der Waals surface area contributed by atoms with Crippen molar-refractivity contribution in [3.05, 3.63) is 29.0 Å². The number of anilines is 1. The molecule has 0 aliphatic rings. The van der Waals surface area contributed by atoms with E-state index in [4.69, 9.17) is 0 Å². The SMILES string of the molecule is Cn1c(C(=O)Nc2n[nH]c(C(C)(C)C)n2)cc2ccsc21. The predicted octanol–water partition coefficient (Wildman–Crippen LogP) is 2.91.